The molecule has 0 rings (SSSR count). The molecule has 0 saturated heterocycles. The molecule has 0 bridgehead atoms. The molecule has 0 aromatic heterocycles. The lowest BCUT2D eigenvalue weighted by atomic mass is 10.8. The first-order chi connectivity index (χ1) is 5.04. The van der Waals surface area contributed by atoms with Gasteiger partial charge in [-0.2, -0.15) is 0 Å². The fourth-order valence-corrected chi connectivity index (χ4v) is 0.203. The standard InChI is InChI=1S/C4H8O2.C2H3Cl3/c1-3-6-4(2)5;3-1-2(4)5/h3H2,1-2H3;2H,1H2. The van der Waals surface area contributed by atoms with Crippen LogP contribution in [0, 0.1) is 0 Å². The van der Waals surface area contributed by atoms with E-state index in [1.165, 1.54) is 6.92 Å². The molecule has 68 valence electrons. The smallest absolute Gasteiger partial charge is 0.302 e. The molecule has 11 heavy (non-hydrogen) atoms. The zero-order valence-corrected chi connectivity index (χ0v) is 8.71. The summed E-state index contributed by atoms with van der Waals surface area (Å²) < 4.78 is 4.40. The first kappa shape index (κ1) is 13.9. The quantitative estimate of drug-likeness (QED) is 0.529. The molecule has 0 aromatic carbocycles. The first-order valence-corrected chi connectivity index (χ1v) is 4.42. The van der Waals surface area contributed by atoms with Gasteiger partial charge in [-0.1, -0.05) is 0 Å². The van der Waals surface area contributed by atoms with Crippen LogP contribution in [0.2, 0.25) is 0 Å². The van der Waals surface area contributed by atoms with E-state index < -0.39 is 4.84 Å². The summed E-state index contributed by atoms with van der Waals surface area (Å²) >= 11 is 15.3. The van der Waals surface area contributed by atoms with Crippen LogP contribution in [0.5, 0.6) is 0 Å². The lowest BCUT2D eigenvalue weighted by molar-refractivity contribution is -0.140. The van der Waals surface area contributed by atoms with Crippen molar-refractivity contribution in [3.05, 3.63) is 0 Å². The van der Waals surface area contributed by atoms with Gasteiger partial charge in [-0.25, -0.2) is 0 Å². The van der Waals surface area contributed by atoms with Gasteiger partial charge < -0.3 is 4.74 Å². The maximum absolute atomic E-state index is 9.82. The van der Waals surface area contributed by atoms with E-state index in [2.05, 4.69) is 4.74 Å². The number of esters is 1. The lowest BCUT2D eigenvalue weighted by Crippen LogP contribution is -1.95. The monoisotopic (exact) mass is 220 g/mol. The van der Waals surface area contributed by atoms with Gasteiger partial charge in [0.05, 0.1) is 12.5 Å². The van der Waals surface area contributed by atoms with E-state index in [-0.39, 0.29) is 5.97 Å². The zero-order valence-electron chi connectivity index (χ0n) is 6.44. The van der Waals surface area contributed by atoms with Crippen molar-refractivity contribution < 1.29 is 9.53 Å². The lowest BCUT2D eigenvalue weighted by Gasteiger charge is -1.89. The molecule has 0 aromatic rings. The van der Waals surface area contributed by atoms with Crippen LogP contribution >= 0.6 is 34.8 Å². The minimum absolute atomic E-state index is 0.211. The minimum Gasteiger partial charge on any atom is -0.466 e. The first-order valence-electron chi connectivity index (χ1n) is 3.02. The molecule has 0 saturated carbocycles. The van der Waals surface area contributed by atoms with Crippen LogP contribution in [0.3, 0.4) is 0 Å². The van der Waals surface area contributed by atoms with Crippen molar-refractivity contribution in [1.29, 1.82) is 0 Å². The van der Waals surface area contributed by atoms with Crippen molar-refractivity contribution in [2.75, 3.05) is 12.5 Å². The van der Waals surface area contributed by atoms with E-state index >= 15 is 0 Å². The van der Waals surface area contributed by atoms with Gasteiger partial charge in [-0.15, -0.1) is 34.8 Å². The molecule has 0 atom stereocenters. The van der Waals surface area contributed by atoms with E-state index in [1.807, 2.05) is 0 Å². The molecular weight excluding hydrogens is 210 g/mol. The third kappa shape index (κ3) is 25.2. The molecule has 0 unspecified atom stereocenters. The highest BCUT2D eigenvalue weighted by Gasteiger charge is 1.88. The molecule has 0 heterocycles. The van der Waals surface area contributed by atoms with Gasteiger partial charge in [0.15, 0.2) is 0 Å². The number of ether oxygens (including phenoxy) is 1. The van der Waals surface area contributed by atoms with Gasteiger partial charge in [0.1, 0.15) is 4.84 Å². The van der Waals surface area contributed by atoms with E-state index in [0.717, 1.165) is 0 Å². The molecule has 0 fully saturated rings. The maximum Gasteiger partial charge on any atom is 0.302 e. The zero-order chi connectivity index (χ0) is 9.28. The van der Waals surface area contributed by atoms with Crippen molar-refractivity contribution >= 4 is 40.8 Å². The number of halogens is 3. The topological polar surface area (TPSA) is 26.3 Å². The van der Waals surface area contributed by atoms with Gasteiger partial charge in [-0.3, -0.25) is 4.79 Å². The number of alkyl halides is 3. The molecule has 0 aliphatic heterocycles. The summed E-state index contributed by atoms with van der Waals surface area (Å²) in [6.07, 6.45) is 0. The van der Waals surface area contributed by atoms with E-state index in [4.69, 9.17) is 34.8 Å². The average Bonchev–Trinajstić information content (AvgIpc) is 1.89. The van der Waals surface area contributed by atoms with Gasteiger partial charge in [0, 0.05) is 6.92 Å². The third-order valence-corrected chi connectivity index (χ3v) is 1.40. The highest BCUT2D eigenvalue weighted by molar-refractivity contribution is 6.47. The van der Waals surface area contributed by atoms with E-state index in [0.29, 0.717) is 12.5 Å². The molecule has 0 N–H and O–H groups in total. The summed E-state index contributed by atoms with van der Waals surface area (Å²) in [7, 11) is 0. The molecule has 0 spiro atoms. The number of carbonyl (C=O) groups is 1. The average molecular weight is 222 g/mol. The van der Waals surface area contributed by atoms with Crippen molar-refractivity contribution in [1.82, 2.24) is 0 Å². The highest BCUT2D eigenvalue weighted by atomic mass is 35.5. The number of carbonyl (C=O) groups excluding carboxylic acids is 1. The van der Waals surface area contributed by atoms with Gasteiger partial charge in [-0.05, 0) is 6.92 Å². The summed E-state index contributed by atoms with van der Waals surface area (Å²) in [5, 5.41) is 0. The van der Waals surface area contributed by atoms with E-state index in [9.17, 15) is 4.79 Å². The van der Waals surface area contributed by atoms with Crippen LogP contribution < -0.4 is 0 Å². The Hall–Kier alpha value is 0.340. The van der Waals surface area contributed by atoms with Crippen LogP contribution in [-0.4, -0.2) is 23.3 Å². The normalized spacial score (nSPS) is 8.55. The maximum atomic E-state index is 9.82. The Morgan fingerprint density at radius 3 is 1.91 bits per heavy atom. The van der Waals surface area contributed by atoms with Crippen molar-refractivity contribution in [3.8, 4) is 0 Å². The Balaban J connectivity index is 0. The van der Waals surface area contributed by atoms with Crippen molar-refractivity contribution in [3.63, 3.8) is 0 Å². The number of hydrogen-bond donors (Lipinski definition) is 0. The second-order valence-electron chi connectivity index (χ2n) is 1.47. The van der Waals surface area contributed by atoms with Crippen LogP contribution in [0.25, 0.3) is 0 Å². The van der Waals surface area contributed by atoms with Gasteiger partial charge >= 0.3 is 5.97 Å². The summed E-state index contributed by atoms with van der Waals surface area (Å²) in [5.41, 5.74) is 0. The second-order valence-corrected chi connectivity index (χ2v) is 3.06. The fourth-order valence-electron chi connectivity index (χ4n) is 0.203. The van der Waals surface area contributed by atoms with Gasteiger partial charge in [0.25, 0.3) is 0 Å². The summed E-state index contributed by atoms with van der Waals surface area (Å²) in [6.45, 7) is 3.65. The molecule has 0 aliphatic carbocycles. The molecule has 5 heteroatoms. The molecule has 2 nitrogen and oxygen atoms in total. The second kappa shape index (κ2) is 10.3. The Morgan fingerprint density at radius 1 is 1.55 bits per heavy atom. The minimum atomic E-state index is -0.406. The summed E-state index contributed by atoms with van der Waals surface area (Å²) in [6, 6.07) is 0. The molecule has 0 amide bonds. The summed E-state index contributed by atoms with van der Waals surface area (Å²) in [4.78, 5) is 9.42. The Bertz CT molecular complexity index is 95.8. The van der Waals surface area contributed by atoms with E-state index in [1.54, 1.807) is 6.92 Å². The Kier molecular flexibility index (Phi) is 13.1. The Morgan fingerprint density at radius 2 is 1.91 bits per heavy atom. The number of hydrogen-bond acceptors (Lipinski definition) is 2. The SMILES string of the molecule is CCOC(C)=O.ClCC(Cl)Cl. The predicted octanol–water partition coefficient (Wildman–Crippen LogP) is 2.60. The molecule has 0 aliphatic rings. The Labute approximate surface area is 81.8 Å². The van der Waals surface area contributed by atoms with Crippen LogP contribution in [-0.2, 0) is 9.53 Å². The molecular formula is C6H11Cl3O2. The van der Waals surface area contributed by atoms with Crippen LogP contribution in [0.1, 0.15) is 13.8 Å². The van der Waals surface area contributed by atoms with Crippen molar-refractivity contribution in [2.45, 2.75) is 18.7 Å². The highest BCUT2D eigenvalue weighted by Crippen LogP contribution is 2.01. The summed E-state index contributed by atoms with van der Waals surface area (Å²) in [5.74, 6) is 0.0980. The number of rotatable bonds is 2. The third-order valence-electron chi connectivity index (χ3n) is 0.464. The van der Waals surface area contributed by atoms with Gasteiger partial charge in [0.2, 0.25) is 0 Å². The van der Waals surface area contributed by atoms with Crippen LogP contribution in [0.4, 0.5) is 0 Å². The molecule has 0 radical (unpaired) electrons. The predicted molar refractivity (Wildman–Crippen MR) is 48.5 cm³/mol. The van der Waals surface area contributed by atoms with Crippen LogP contribution in [0.15, 0.2) is 0 Å². The largest absolute Gasteiger partial charge is 0.466 e. The fraction of sp³-hybridized carbons (Fsp3) is 0.833. The van der Waals surface area contributed by atoms with Crippen molar-refractivity contribution in [2.24, 2.45) is 0 Å².